The third kappa shape index (κ3) is 1.99. The van der Waals surface area contributed by atoms with E-state index in [1.807, 2.05) is 30.3 Å². The molecular formula is C15H16O3. The molecule has 0 saturated heterocycles. The van der Waals surface area contributed by atoms with Gasteiger partial charge in [0.1, 0.15) is 11.6 Å². The van der Waals surface area contributed by atoms with Crippen LogP contribution in [0.4, 0.5) is 0 Å². The Morgan fingerprint density at radius 1 is 1.11 bits per heavy atom. The Balaban J connectivity index is 1.72. The van der Waals surface area contributed by atoms with Crippen molar-refractivity contribution in [3.8, 4) is 0 Å². The molecule has 1 aromatic rings. The Hall–Kier alpha value is -1.48. The van der Waals surface area contributed by atoms with Crippen molar-refractivity contribution in [2.24, 2.45) is 5.92 Å². The molecule has 94 valence electrons. The molecule has 3 aliphatic rings. The summed E-state index contributed by atoms with van der Waals surface area (Å²) in [5.41, 5.74) is 0.568. The SMILES string of the molecule is O=C1CC2(OCc3ccccc3)CCC1C(=O)C2. The van der Waals surface area contributed by atoms with Crippen molar-refractivity contribution < 1.29 is 14.3 Å². The van der Waals surface area contributed by atoms with Gasteiger partial charge in [-0.05, 0) is 18.4 Å². The normalized spacial score (nSPS) is 30.8. The van der Waals surface area contributed by atoms with Gasteiger partial charge in [0.2, 0.25) is 0 Å². The highest BCUT2D eigenvalue weighted by atomic mass is 16.5. The number of hydrogen-bond donors (Lipinski definition) is 0. The molecule has 0 aliphatic heterocycles. The van der Waals surface area contributed by atoms with Crippen LogP contribution in [-0.4, -0.2) is 17.2 Å². The molecule has 0 aromatic heterocycles. The lowest BCUT2D eigenvalue weighted by Crippen LogP contribution is -2.52. The molecule has 0 atom stereocenters. The topological polar surface area (TPSA) is 43.4 Å². The van der Waals surface area contributed by atoms with E-state index in [-0.39, 0.29) is 17.5 Å². The van der Waals surface area contributed by atoms with Crippen molar-refractivity contribution in [1.82, 2.24) is 0 Å². The molecule has 3 fully saturated rings. The number of ketones is 2. The summed E-state index contributed by atoms with van der Waals surface area (Å²) in [4.78, 5) is 23.6. The van der Waals surface area contributed by atoms with Crippen LogP contribution in [0.1, 0.15) is 31.2 Å². The average Bonchev–Trinajstić information content (AvgIpc) is 2.38. The molecule has 0 spiro atoms. The molecule has 18 heavy (non-hydrogen) atoms. The first kappa shape index (κ1) is 11.6. The van der Waals surface area contributed by atoms with Gasteiger partial charge >= 0.3 is 0 Å². The predicted molar refractivity (Wildman–Crippen MR) is 65.9 cm³/mol. The van der Waals surface area contributed by atoms with Crippen molar-refractivity contribution in [3.05, 3.63) is 35.9 Å². The molecular weight excluding hydrogens is 228 g/mol. The fourth-order valence-electron chi connectivity index (χ4n) is 3.01. The van der Waals surface area contributed by atoms with Crippen LogP contribution in [0.2, 0.25) is 0 Å². The minimum absolute atomic E-state index is 0.0746. The van der Waals surface area contributed by atoms with Crippen molar-refractivity contribution in [2.45, 2.75) is 37.9 Å². The average molecular weight is 244 g/mol. The monoisotopic (exact) mass is 244 g/mol. The first-order valence-electron chi connectivity index (χ1n) is 6.42. The van der Waals surface area contributed by atoms with Crippen LogP contribution in [0, 0.1) is 5.92 Å². The molecule has 0 amide bonds. The van der Waals surface area contributed by atoms with Gasteiger partial charge in [-0.2, -0.15) is 0 Å². The Bertz CT molecular complexity index is 460. The third-order valence-electron chi connectivity index (χ3n) is 4.05. The smallest absolute Gasteiger partial charge is 0.146 e. The van der Waals surface area contributed by atoms with Gasteiger partial charge < -0.3 is 4.74 Å². The van der Waals surface area contributed by atoms with Gasteiger partial charge in [0.25, 0.3) is 0 Å². The van der Waals surface area contributed by atoms with E-state index in [4.69, 9.17) is 4.74 Å². The molecule has 0 heterocycles. The largest absolute Gasteiger partial charge is 0.369 e. The quantitative estimate of drug-likeness (QED) is 0.766. The van der Waals surface area contributed by atoms with Gasteiger partial charge in [-0.25, -0.2) is 0 Å². The number of hydrogen-bond acceptors (Lipinski definition) is 3. The molecule has 3 aliphatic carbocycles. The summed E-state index contributed by atoms with van der Waals surface area (Å²) in [5.74, 6) is -0.177. The standard InChI is InChI=1S/C15H16O3/c16-13-8-15(7-6-12(13)14(17)9-15)18-10-11-4-2-1-3-5-11/h1-5,12H,6-10H2. The highest BCUT2D eigenvalue weighted by Gasteiger charge is 2.50. The van der Waals surface area contributed by atoms with Crippen molar-refractivity contribution >= 4 is 11.6 Å². The number of benzene rings is 1. The summed E-state index contributed by atoms with van der Waals surface area (Å²) in [7, 11) is 0. The lowest BCUT2D eigenvalue weighted by molar-refractivity contribution is -0.163. The Kier molecular flexibility index (Phi) is 2.78. The minimum Gasteiger partial charge on any atom is -0.369 e. The van der Waals surface area contributed by atoms with Gasteiger partial charge in [0.15, 0.2) is 0 Å². The van der Waals surface area contributed by atoms with Gasteiger partial charge in [-0.3, -0.25) is 9.59 Å². The number of carbonyl (C=O) groups is 2. The van der Waals surface area contributed by atoms with Crippen molar-refractivity contribution in [3.63, 3.8) is 0 Å². The number of rotatable bonds is 3. The number of Topliss-reactive ketones (excluding diaryl/α,β-unsaturated/α-hetero) is 2. The summed E-state index contributed by atoms with van der Waals surface area (Å²) in [6.07, 6.45) is 2.33. The Morgan fingerprint density at radius 2 is 1.78 bits per heavy atom. The van der Waals surface area contributed by atoms with E-state index in [1.54, 1.807) is 0 Å². The molecule has 0 unspecified atom stereocenters. The van der Waals surface area contributed by atoms with Crippen LogP contribution in [0.3, 0.4) is 0 Å². The molecule has 3 saturated carbocycles. The Morgan fingerprint density at radius 3 is 2.39 bits per heavy atom. The van der Waals surface area contributed by atoms with Crippen LogP contribution >= 0.6 is 0 Å². The van der Waals surface area contributed by atoms with E-state index < -0.39 is 5.60 Å². The molecule has 3 heteroatoms. The van der Waals surface area contributed by atoms with E-state index in [0.29, 0.717) is 25.9 Å². The zero-order valence-corrected chi connectivity index (χ0v) is 10.2. The second-order valence-electron chi connectivity index (χ2n) is 5.33. The fraction of sp³-hybridized carbons (Fsp3) is 0.467. The second-order valence-corrected chi connectivity index (χ2v) is 5.33. The number of fused-ring (bicyclic) bond motifs is 3. The van der Waals surface area contributed by atoms with Crippen LogP contribution in [0.25, 0.3) is 0 Å². The number of carbonyl (C=O) groups excluding carboxylic acids is 2. The first-order valence-corrected chi connectivity index (χ1v) is 6.42. The summed E-state index contributed by atoms with van der Waals surface area (Å²) in [6.45, 7) is 0.478. The van der Waals surface area contributed by atoms with E-state index >= 15 is 0 Å². The van der Waals surface area contributed by atoms with Gasteiger partial charge in [0.05, 0.1) is 18.1 Å². The van der Waals surface area contributed by atoms with Crippen molar-refractivity contribution in [1.29, 1.82) is 0 Å². The van der Waals surface area contributed by atoms with Crippen LogP contribution in [0.15, 0.2) is 30.3 Å². The van der Waals surface area contributed by atoms with Crippen LogP contribution < -0.4 is 0 Å². The third-order valence-corrected chi connectivity index (χ3v) is 4.05. The first-order chi connectivity index (χ1) is 8.69. The molecule has 1 aromatic carbocycles. The molecule has 0 N–H and O–H groups in total. The Labute approximate surface area is 106 Å². The van der Waals surface area contributed by atoms with Crippen LogP contribution in [0.5, 0.6) is 0 Å². The van der Waals surface area contributed by atoms with E-state index in [0.717, 1.165) is 12.0 Å². The maximum atomic E-state index is 11.8. The lowest BCUT2D eigenvalue weighted by atomic mass is 9.66. The van der Waals surface area contributed by atoms with Crippen LogP contribution in [-0.2, 0) is 20.9 Å². The molecule has 0 radical (unpaired) electrons. The zero-order chi connectivity index (χ0) is 12.6. The van der Waals surface area contributed by atoms with Gasteiger partial charge in [-0.15, -0.1) is 0 Å². The maximum absolute atomic E-state index is 11.8. The number of ether oxygens (including phenoxy) is 1. The summed E-state index contributed by atoms with van der Waals surface area (Å²) in [5, 5.41) is 0. The van der Waals surface area contributed by atoms with Crippen molar-refractivity contribution in [2.75, 3.05) is 0 Å². The van der Waals surface area contributed by atoms with E-state index in [2.05, 4.69) is 0 Å². The van der Waals surface area contributed by atoms with E-state index in [9.17, 15) is 9.59 Å². The molecule has 4 rings (SSSR count). The molecule has 3 nitrogen and oxygen atoms in total. The lowest BCUT2D eigenvalue weighted by Gasteiger charge is -2.43. The second kappa shape index (κ2) is 4.32. The maximum Gasteiger partial charge on any atom is 0.146 e. The summed E-state index contributed by atoms with van der Waals surface area (Å²) >= 11 is 0. The summed E-state index contributed by atoms with van der Waals surface area (Å²) < 4.78 is 5.94. The zero-order valence-electron chi connectivity index (χ0n) is 10.2. The summed E-state index contributed by atoms with van der Waals surface area (Å²) in [6, 6.07) is 9.87. The highest BCUT2D eigenvalue weighted by molar-refractivity contribution is 6.06. The predicted octanol–water partition coefficient (Wildman–Crippen LogP) is 2.28. The highest BCUT2D eigenvalue weighted by Crippen LogP contribution is 2.43. The molecule has 2 bridgehead atoms. The minimum atomic E-state index is -0.515. The fourth-order valence-corrected chi connectivity index (χ4v) is 3.01. The van der Waals surface area contributed by atoms with Gasteiger partial charge in [-0.1, -0.05) is 30.3 Å². The van der Waals surface area contributed by atoms with Gasteiger partial charge in [0, 0.05) is 12.8 Å². The van der Waals surface area contributed by atoms with E-state index in [1.165, 1.54) is 0 Å².